The van der Waals surface area contributed by atoms with Gasteiger partial charge in [0.25, 0.3) is 5.56 Å². The Morgan fingerprint density at radius 3 is 2.30 bits per heavy atom. The number of carbonyl (C=O) groups is 1. The van der Waals surface area contributed by atoms with Crippen LogP contribution in [0.1, 0.15) is 5.56 Å². The summed E-state index contributed by atoms with van der Waals surface area (Å²) in [5.74, 6) is 1.18. The summed E-state index contributed by atoms with van der Waals surface area (Å²) in [5.41, 5.74) is 3.00. The van der Waals surface area contributed by atoms with Crippen LogP contribution in [0.5, 0.6) is 17.2 Å². The molecule has 2 aromatic heterocycles. The Kier molecular flexibility index (Phi) is 7.82. The molecule has 10 nitrogen and oxygen atoms in total. The largest absolute Gasteiger partial charge is 0.493 e. The summed E-state index contributed by atoms with van der Waals surface area (Å²) in [7, 11) is 4.52. The summed E-state index contributed by atoms with van der Waals surface area (Å²) >= 11 is 6.66. The lowest BCUT2D eigenvalue weighted by molar-refractivity contribution is -0.115. The number of nitrogens with zero attached hydrogens (tertiary/aromatic N) is 2. The van der Waals surface area contributed by atoms with Crippen LogP contribution in [-0.2, 0) is 11.2 Å². The van der Waals surface area contributed by atoms with E-state index in [1.165, 1.54) is 21.3 Å². The Bertz CT molecular complexity index is 2050. The third-order valence-electron chi connectivity index (χ3n) is 7.09. The molecule has 222 valence electrons. The summed E-state index contributed by atoms with van der Waals surface area (Å²) in [6, 6.07) is 25.1. The minimum absolute atomic E-state index is 0.0360. The van der Waals surface area contributed by atoms with Crippen LogP contribution in [0.4, 0.5) is 17.3 Å². The van der Waals surface area contributed by atoms with Gasteiger partial charge >= 0.3 is 0 Å². The van der Waals surface area contributed by atoms with E-state index in [2.05, 4.69) is 15.8 Å². The molecular weight excluding hydrogens is 584 g/mol. The molecule has 0 saturated carbocycles. The molecule has 0 aliphatic rings. The predicted octanol–water partition coefficient (Wildman–Crippen LogP) is 6.74. The number of methoxy groups -OCH3 is 3. The Labute approximate surface area is 256 Å². The van der Waals surface area contributed by atoms with Crippen molar-refractivity contribution in [3.05, 3.63) is 106 Å². The molecule has 1 amide bonds. The summed E-state index contributed by atoms with van der Waals surface area (Å²) in [4.78, 5) is 27.3. The smallest absolute Gasteiger partial charge is 0.270 e. The third-order valence-corrected chi connectivity index (χ3v) is 7.41. The van der Waals surface area contributed by atoms with E-state index in [1.807, 2.05) is 36.4 Å². The van der Waals surface area contributed by atoms with Crippen LogP contribution in [0.15, 0.2) is 94.2 Å². The molecule has 2 N–H and O–H groups in total. The van der Waals surface area contributed by atoms with E-state index >= 15 is 0 Å². The lowest BCUT2D eigenvalue weighted by Crippen LogP contribution is -2.20. The van der Waals surface area contributed by atoms with Gasteiger partial charge in [0, 0.05) is 34.6 Å². The fourth-order valence-electron chi connectivity index (χ4n) is 5.16. The van der Waals surface area contributed by atoms with Gasteiger partial charge in [-0.1, -0.05) is 53.2 Å². The van der Waals surface area contributed by atoms with Gasteiger partial charge in [0.1, 0.15) is 10.9 Å². The van der Waals surface area contributed by atoms with Gasteiger partial charge in [0.05, 0.1) is 38.3 Å². The quantitative estimate of drug-likeness (QED) is 0.185. The lowest BCUT2D eigenvalue weighted by atomic mass is 10.1. The number of benzene rings is 4. The predicted molar refractivity (Wildman–Crippen MR) is 170 cm³/mol. The van der Waals surface area contributed by atoms with Crippen LogP contribution in [0, 0.1) is 0 Å². The molecule has 0 bridgehead atoms. The number of para-hydroxylation sites is 1. The number of nitrogens with one attached hydrogen (secondary N) is 2. The summed E-state index contributed by atoms with van der Waals surface area (Å²) in [6.45, 7) is 0. The summed E-state index contributed by atoms with van der Waals surface area (Å²) in [5, 5.41) is 11.5. The van der Waals surface area contributed by atoms with E-state index in [4.69, 9.17) is 30.3 Å². The van der Waals surface area contributed by atoms with Crippen LogP contribution in [-0.4, -0.2) is 37.0 Å². The molecule has 0 aliphatic heterocycles. The number of pyridine rings is 1. The number of fused-ring (bicyclic) bond motifs is 3. The molecule has 0 aliphatic carbocycles. The molecule has 0 fully saturated rings. The van der Waals surface area contributed by atoms with Gasteiger partial charge in [0.15, 0.2) is 11.5 Å². The number of halogens is 1. The van der Waals surface area contributed by atoms with Crippen molar-refractivity contribution in [2.24, 2.45) is 0 Å². The molecule has 6 aromatic rings. The van der Waals surface area contributed by atoms with Crippen LogP contribution in [0.2, 0.25) is 5.02 Å². The molecule has 2 heterocycles. The minimum atomic E-state index is -0.353. The number of anilines is 3. The van der Waals surface area contributed by atoms with Crippen molar-refractivity contribution in [3.63, 3.8) is 0 Å². The van der Waals surface area contributed by atoms with E-state index in [-0.39, 0.29) is 29.2 Å². The Balaban J connectivity index is 1.38. The average molecular weight is 611 g/mol. The Morgan fingerprint density at radius 1 is 0.864 bits per heavy atom. The number of ether oxygens (including phenoxy) is 3. The van der Waals surface area contributed by atoms with Crippen LogP contribution >= 0.6 is 11.6 Å². The van der Waals surface area contributed by atoms with E-state index in [1.54, 1.807) is 53.1 Å². The Hall–Kier alpha value is -5.48. The first-order valence-corrected chi connectivity index (χ1v) is 13.9. The molecule has 11 heteroatoms. The van der Waals surface area contributed by atoms with Crippen LogP contribution < -0.4 is 30.4 Å². The van der Waals surface area contributed by atoms with Gasteiger partial charge in [-0.2, -0.15) is 0 Å². The summed E-state index contributed by atoms with van der Waals surface area (Å²) in [6.07, 6.45) is 0.0360. The molecule has 6 rings (SSSR count). The molecule has 0 unspecified atom stereocenters. The fourth-order valence-corrected chi connectivity index (χ4v) is 5.42. The van der Waals surface area contributed by atoms with Crippen LogP contribution in [0.3, 0.4) is 0 Å². The molecule has 0 atom stereocenters. The molecular formula is C33H27ClN4O6. The first-order valence-electron chi connectivity index (χ1n) is 13.6. The number of hydrogen-bond donors (Lipinski definition) is 2. The maximum absolute atomic E-state index is 14.1. The zero-order valence-corrected chi connectivity index (χ0v) is 24.8. The van der Waals surface area contributed by atoms with Crippen LogP contribution in [0.25, 0.3) is 27.5 Å². The van der Waals surface area contributed by atoms with Gasteiger partial charge in [0.2, 0.25) is 17.5 Å². The number of rotatable bonds is 9. The second kappa shape index (κ2) is 12.0. The van der Waals surface area contributed by atoms with Gasteiger partial charge in [-0.25, -0.2) is 0 Å². The maximum Gasteiger partial charge on any atom is 0.270 e. The van der Waals surface area contributed by atoms with Gasteiger partial charge in [-0.15, -0.1) is 0 Å². The second-order valence-electron chi connectivity index (χ2n) is 9.81. The number of carbonyl (C=O) groups excluding carboxylic acids is 1. The highest BCUT2D eigenvalue weighted by molar-refractivity contribution is 6.37. The highest BCUT2D eigenvalue weighted by atomic mass is 35.5. The topological polar surface area (TPSA) is 117 Å². The molecule has 0 saturated heterocycles. The van der Waals surface area contributed by atoms with Crippen molar-refractivity contribution in [1.29, 1.82) is 0 Å². The van der Waals surface area contributed by atoms with Crippen molar-refractivity contribution >= 4 is 56.6 Å². The first-order chi connectivity index (χ1) is 21.4. The summed E-state index contributed by atoms with van der Waals surface area (Å²) < 4.78 is 23.3. The van der Waals surface area contributed by atoms with Crippen molar-refractivity contribution in [1.82, 2.24) is 9.72 Å². The van der Waals surface area contributed by atoms with Gasteiger partial charge < -0.3 is 29.4 Å². The maximum atomic E-state index is 14.1. The number of hydrogen-bond acceptors (Lipinski definition) is 8. The second-order valence-corrected chi connectivity index (χ2v) is 10.2. The average Bonchev–Trinajstić information content (AvgIpc) is 3.44. The van der Waals surface area contributed by atoms with Crippen molar-refractivity contribution in [3.8, 4) is 22.9 Å². The third kappa shape index (κ3) is 5.27. The van der Waals surface area contributed by atoms with Crippen molar-refractivity contribution < 1.29 is 23.5 Å². The number of aromatic nitrogens is 2. The fraction of sp³-hybridized carbons (Fsp3) is 0.121. The van der Waals surface area contributed by atoms with Crippen molar-refractivity contribution in [2.75, 3.05) is 32.0 Å². The minimum Gasteiger partial charge on any atom is -0.493 e. The van der Waals surface area contributed by atoms with E-state index in [0.717, 1.165) is 5.69 Å². The zero-order valence-electron chi connectivity index (χ0n) is 24.0. The lowest BCUT2D eigenvalue weighted by Gasteiger charge is -2.15. The molecule has 44 heavy (non-hydrogen) atoms. The molecule has 4 aromatic carbocycles. The molecule has 0 spiro atoms. The number of amides is 1. The van der Waals surface area contributed by atoms with E-state index < -0.39 is 0 Å². The highest BCUT2D eigenvalue weighted by Crippen LogP contribution is 2.40. The normalized spacial score (nSPS) is 11.0. The highest BCUT2D eigenvalue weighted by Gasteiger charge is 2.22. The monoisotopic (exact) mass is 610 g/mol. The zero-order chi connectivity index (χ0) is 30.8. The van der Waals surface area contributed by atoms with Gasteiger partial charge in [-0.3, -0.25) is 14.2 Å². The first kappa shape index (κ1) is 28.6. The van der Waals surface area contributed by atoms with Crippen molar-refractivity contribution in [2.45, 2.75) is 6.42 Å². The Morgan fingerprint density at radius 2 is 1.59 bits per heavy atom. The van der Waals surface area contributed by atoms with E-state index in [0.29, 0.717) is 55.6 Å². The van der Waals surface area contributed by atoms with E-state index in [9.17, 15) is 9.59 Å². The van der Waals surface area contributed by atoms with Gasteiger partial charge in [-0.05, 0) is 42.0 Å². The SMILES string of the molecule is COc1cc(NC(=O)Cc2cccc(-n3c(=O)c4c(Nc5ccccc5)onc4c4c(Cl)cccc43)c2)cc(OC)c1OC. The molecule has 0 radical (unpaired) electrons. The standard InChI is InChI=1S/C33H27ClN4O6/c1-41-25-17-21(18-26(42-2)31(25)43-3)35-27(39)16-19-9-7-12-22(15-19)38-24-14-8-13-23(34)28(24)30-29(33(38)40)32(44-37-30)36-20-10-5-4-6-11-20/h4-15,17-18,36H,16H2,1-3H3,(H,35,39).